The highest BCUT2D eigenvalue weighted by Gasteiger charge is 2.41. The second-order valence-electron chi connectivity index (χ2n) is 8.39. The number of ether oxygens (including phenoxy) is 2. The van der Waals surface area contributed by atoms with Crippen molar-refractivity contribution in [3.63, 3.8) is 0 Å². The molecule has 0 unspecified atom stereocenters. The van der Waals surface area contributed by atoms with Gasteiger partial charge in [-0.05, 0) is 49.6 Å². The molecule has 7 nitrogen and oxygen atoms in total. The number of ketones is 1. The third kappa shape index (κ3) is 3.53. The Bertz CT molecular complexity index is 1260. The van der Waals surface area contributed by atoms with Crippen molar-refractivity contribution >= 4 is 11.7 Å². The molecule has 33 heavy (non-hydrogen) atoms. The molecule has 0 fully saturated rings. The zero-order valence-corrected chi connectivity index (χ0v) is 18.8. The Morgan fingerprint density at radius 2 is 2.00 bits per heavy atom. The van der Waals surface area contributed by atoms with Crippen LogP contribution in [-0.2, 0) is 4.79 Å². The lowest BCUT2D eigenvalue weighted by atomic mass is 9.72. The molecular weight excluding hydrogens is 420 g/mol. The Morgan fingerprint density at radius 3 is 2.76 bits per heavy atom. The number of nitrogens with zero attached hydrogens (tertiary/aromatic N) is 1. The van der Waals surface area contributed by atoms with Gasteiger partial charge in [0.05, 0.1) is 25.0 Å². The van der Waals surface area contributed by atoms with Crippen molar-refractivity contribution in [1.82, 2.24) is 5.16 Å². The summed E-state index contributed by atoms with van der Waals surface area (Å²) >= 11 is 0. The summed E-state index contributed by atoms with van der Waals surface area (Å²) < 4.78 is 16.8. The van der Waals surface area contributed by atoms with Gasteiger partial charge in [-0.1, -0.05) is 29.4 Å². The van der Waals surface area contributed by atoms with Gasteiger partial charge in [-0.3, -0.25) is 4.79 Å². The predicted octanol–water partition coefficient (Wildman–Crippen LogP) is 5.05. The number of rotatable bonds is 5. The first-order valence-corrected chi connectivity index (χ1v) is 11.1. The highest BCUT2D eigenvalue weighted by Crippen LogP contribution is 2.50. The number of nitrogens with one attached hydrogen (secondary N) is 1. The van der Waals surface area contributed by atoms with Crippen LogP contribution in [0.5, 0.6) is 17.2 Å². The molecule has 2 N–H and O–H groups in total. The normalized spacial score (nSPS) is 19.5. The number of aromatic nitrogens is 1. The van der Waals surface area contributed by atoms with E-state index in [0.717, 1.165) is 28.1 Å². The lowest BCUT2D eigenvalue weighted by molar-refractivity contribution is -0.116. The summed E-state index contributed by atoms with van der Waals surface area (Å²) in [5.41, 5.74) is 4.80. The number of Topliss-reactive ketones (excluding diaryl/α,β-unsaturated/α-hetero) is 1. The molecule has 2 aliphatic rings. The molecule has 0 saturated heterocycles. The summed E-state index contributed by atoms with van der Waals surface area (Å²) in [6.45, 7) is 4.30. The number of hydrogen-bond acceptors (Lipinski definition) is 7. The molecule has 0 amide bonds. The number of carbonyl (C=O) groups excluding carboxylic acids is 1. The maximum Gasteiger partial charge on any atom is 0.233 e. The van der Waals surface area contributed by atoms with Crippen LogP contribution < -0.4 is 14.8 Å². The van der Waals surface area contributed by atoms with E-state index >= 15 is 0 Å². The molecule has 1 aromatic heterocycles. The number of para-hydroxylation sites is 1. The van der Waals surface area contributed by atoms with Gasteiger partial charge in [-0.25, -0.2) is 0 Å². The van der Waals surface area contributed by atoms with E-state index in [9.17, 15) is 9.90 Å². The van der Waals surface area contributed by atoms with Gasteiger partial charge in [0.15, 0.2) is 17.3 Å². The largest absolute Gasteiger partial charge is 0.508 e. The average Bonchev–Trinajstić information content (AvgIpc) is 3.18. The van der Waals surface area contributed by atoms with E-state index < -0.39 is 0 Å². The lowest BCUT2D eigenvalue weighted by Crippen LogP contribution is -2.29. The van der Waals surface area contributed by atoms with Gasteiger partial charge in [0.2, 0.25) is 5.88 Å². The number of phenolic OH excluding ortho intramolecular Hbond substituents is 1. The van der Waals surface area contributed by atoms with Crippen LogP contribution in [0.3, 0.4) is 0 Å². The summed E-state index contributed by atoms with van der Waals surface area (Å²) in [6.07, 6.45) is 0.908. The Hall–Kier alpha value is -3.74. The highest BCUT2D eigenvalue weighted by atomic mass is 16.5. The summed E-state index contributed by atoms with van der Waals surface area (Å²) in [7, 11) is 1.61. The Morgan fingerprint density at radius 1 is 1.18 bits per heavy atom. The number of fused-ring (bicyclic) bond motifs is 1. The predicted molar refractivity (Wildman–Crippen MR) is 123 cm³/mol. The fourth-order valence-electron chi connectivity index (χ4n) is 5.00. The first-order valence-electron chi connectivity index (χ1n) is 11.1. The van der Waals surface area contributed by atoms with Crippen molar-refractivity contribution in [2.45, 2.75) is 38.5 Å². The first kappa shape index (κ1) is 21.1. The van der Waals surface area contributed by atoms with Crippen LogP contribution in [0.25, 0.3) is 0 Å². The highest BCUT2D eigenvalue weighted by molar-refractivity contribution is 6.01. The van der Waals surface area contributed by atoms with Crippen LogP contribution in [0.1, 0.15) is 54.0 Å². The molecule has 170 valence electrons. The van der Waals surface area contributed by atoms with Crippen molar-refractivity contribution in [2.75, 3.05) is 19.0 Å². The van der Waals surface area contributed by atoms with Crippen molar-refractivity contribution < 1.29 is 23.9 Å². The Kier molecular flexibility index (Phi) is 5.32. The summed E-state index contributed by atoms with van der Waals surface area (Å²) in [5.74, 6) is 1.62. The number of methoxy groups -OCH3 is 1. The number of carbonyl (C=O) groups is 1. The molecule has 0 spiro atoms. The summed E-state index contributed by atoms with van der Waals surface area (Å²) in [4.78, 5) is 13.6. The van der Waals surface area contributed by atoms with Crippen molar-refractivity contribution in [1.29, 1.82) is 0 Å². The van der Waals surface area contributed by atoms with Crippen molar-refractivity contribution in [2.24, 2.45) is 0 Å². The molecule has 5 rings (SSSR count). The number of aryl methyl sites for hydroxylation is 1. The number of benzene rings is 2. The minimum atomic E-state index is -0.328. The van der Waals surface area contributed by atoms with E-state index in [1.807, 2.05) is 44.2 Å². The third-order valence-corrected chi connectivity index (χ3v) is 6.46. The minimum Gasteiger partial charge on any atom is -0.508 e. The van der Waals surface area contributed by atoms with Crippen molar-refractivity contribution in [3.8, 4) is 17.2 Å². The number of anilines is 1. The Balaban J connectivity index is 1.63. The minimum absolute atomic E-state index is 0.0435. The maximum atomic E-state index is 13.6. The van der Waals surface area contributed by atoms with Gasteiger partial charge in [-0.15, -0.1) is 0 Å². The molecule has 0 bridgehead atoms. The van der Waals surface area contributed by atoms with Crippen LogP contribution in [-0.4, -0.2) is 29.8 Å². The lowest BCUT2D eigenvalue weighted by Gasteiger charge is -2.34. The summed E-state index contributed by atoms with van der Waals surface area (Å²) in [6, 6.07) is 13.0. The molecule has 2 atom stereocenters. The van der Waals surface area contributed by atoms with E-state index in [4.69, 9.17) is 14.0 Å². The van der Waals surface area contributed by atoms with Gasteiger partial charge in [-0.2, -0.15) is 0 Å². The quantitative estimate of drug-likeness (QED) is 0.566. The third-order valence-electron chi connectivity index (χ3n) is 6.46. The maximum absolute atomic E-state index is 13.6. The van der Waals surface area contributed by atoms with Gasteiger partial charge in [0, 0.05) is 29.5 Å². The molecule has 7 heteroatoms. The van der Waals surface area contributed by atoms with E-state index in [1.54, 1.807) is 19.2 Å². The van der Waals surface area contributed by atoms with Crippen LogP contribution in [0, 0.1) is 6.92 Å². The second kappa shape index (κ2) is 8.31. The SMILES string of the molecule is CCOc1cc([C@@H]2C3=C(C[C@@H](c4ccccc4O)CC3=O)Nc3onc(C)c32)ccc1OC. The van der Waals surface area contributed by atoms with Gasteiger partial charge < -0.3 is 24.4 Å². The standard InChI is InChI=1S/C26H26N2O5/c1-4-32-22-13-15(9-10-21(22)31-3)24-23-14(2)28-33-26(23)27-18-11-16(12-20(30)25(18)24)17-7-5-6-8-19(17)29/h5-10,13,16,24,27,29H,4,11-12H2,1-3H3/t16-,24+/m1/s1. The van der Waals surface area contributed by atoms with Crippen LogP contribution >= 0.6 is 0 Å². The number of allylic oxidation sites excluding steroid dienone is 2. The van der Waals surface area contributed by atoms with Crippen LogP contribution in [0.15, 0.2) is 58.3 Å². The summed E-state index contributed by atoms with van der Waals surface area (Å²) in [5, 5.41) is 17.9. The van der Waals surface area contributed by atoms with E-state index in [2.05, 4.69) is 10.5 Å². The smallest absolute Gasteiger partial charge is 0.233 e. The molecule has 0 radical (unpaired) electrons. The van der Waals surface area contributed by atoms with Gasteiger partial charge >= 0.3 is 0 Å². The van der Waals surface area contributed by atoms with Crippen molar-refractivity contribution in [3.05, 3.63) is 76.1 Å². The molecule has 3 aromatic rings. The number of hydrogen-bond donors (Lipinski definition) is 2. The fraction of sp³-hybridized carbons (Fsp3) is 0.308. The molecular formula is C26H26N2O5. The van der Waals surface area contributed by atoms with E-state index in [-0.39, 0.29) is 23.4 Å². The average molecular weight is 447 g/mol. The van der Waals surface area contributed by atoms with Gasteiger partial charge in [0.1, 0.15) is 5.75 Å². The molecule has 2 heterocycles. The zero-order valence-electron chi connectivity index (χ0n) is 18.8. The second-order valence-corrected chi connectivity index (χ2v) is 8.39. The van der Waals surface area contributed by atoms with Gasteiger partial charge in [0.25, 0.3) is 0 Å². The number of phenols is 1. The number of aromatic hydroxyl groups is 1. The first-order chi connectivity index (χ1) is 16.0. The topological polar surface area (TPSA) is 93.8 Å². The zero-order chi connectivity index (χ0) is 23.1. The monoisotopic (exact) mass is 446 g/mol. The molecule has 1 aliphatic heterocycles. The van der Waals surface area contributed by atoms with Crippen LogP contribution in [0.2, 0.25) is 0 Å². The Labute approximate surface area is 192 Å². The molecule has 2 aromatic carbocycles. The fourth-order valence-corrected chi connectivity index (χ4v) is 5.00. The van der Waals surface area contributed by atoms with Crippen LogP contribution in [0.4, 0.5) is 5.88 Å². The molecule has 1 aliphatic carbocycles. The molecule has 0 saturated carbocycles. The van der Waals surface area contributed by atoms with E-state index in [0.29, 0.717) is 42.4 Å². The van der Waals surface area contributed by atoms with E-state index in [1.165, 1.54) is 0 Å².